The third-order valence-electron chi connectivity index (χ3n) is 7.93. The number of nitrogens with one attached hydrogen (secondary N) is 1. The number of aromatic nitrogens is 2. The SMILES string of the molecule is CCOC(=O)C1=C(CN2CC(F)(F)[C@H]3[C@@H]2CCN3C(C)(C)C(=O)O)NC(c2nccs2)=N[C@@H]1c1ccc(F)nc1C. The van der Waals surface area contributed by atoms with Crippen molar-refractivity contribution in [2.24, 2.45) is 4.99 Å². The van der Waals surface area contributed by atoms with Gasteiger partial charge in [0.15, 0.2) is 10.8 Å². The molecule has 0 unspecified atom stereocenters. The van der Waals surface area contributed by atoms with Crippen LogP contribution in [-0.4, -0.2) is 92.4 Å². The van der Waals surface area contributed by atoms with E-state index in [0.717, 1.165) is 0 Å². The first-order valence-electron chi connectivity index (χ1n) is 13.2. The van der Waals surface area contributed by atoms with Crippen LogP contribution >= 0.6 is 11.3 Å². The van der Waals surface area contributed by atoms with Crippen molar-refractivity contribution in [3.8, 4) is 0 Å². The summed E-state index contributed by atoms with van der Waals surface area (Å²) < 4.78 is 50.4. The summed E-state index contributed by atoms with van der Waals surface area (Å²) in [5, 5.41) is 15.2. The fraction of sp³-hybridized carbons (Fsp3) is 0.519. The van der Waals surface area contributed by atoms with Crippen LogP contribution in [-0.2, 0) is 14.3 Å². The number of pyridine rings is 1. The van der Waals surface area contributed by atoms with Gasteiger partial charge in [-0.3, -0.25) is 19.6 Å². The minimum absolute atomic E-state index is 0.0672. The zero-order valence-corrected chi connectivity index (χ0v) is 23.8. The smallest absolute Gasteiger partial charge is 0.338 e. The molecule has 0 bridgehead atoms. The molecule has 0 radical (unpaired) electrons. The van der Waals surface area contributed by atoms with E-state index in [2.05, 4.69) is 15.3 Å². The van der Waals surface area contributed by atoms with E-state index in [4.69, 9.17) is 9.73 Å². The highest BCUT2D eigenvalue weighted by Crippen LogP contribution is 2.45. The van der Waals surface area contributed by atoms with Crippen molar-refractivity contribution in [3.63, 3.8) is 0 Å². The number of ether oxygens (including phenoxy) is 1. The number of hydrogen-bond donors (Lipinski definition) is 2. The molecule has 10 nitrogen and oxygen atoms in total. The number of likely N-dealkylation sites (tertiary alicyclic amines) is 2. The van der Waals surface area contributed by atoms with Crippen LogP contribution in [0, 0.1) is 12.9 Å². The first kappa shape index (κ1) is 29.1. The zero-order chi connectivity index (χ0) is 29.7. The molecule has 3 atom stereocenters. The lowest BCUT2D eigenvalue weighted by Gasteiger charge is -2.38. The Morgan fingerprint density at radius 1 is 1.32 bits per heavy atom. The third kappa shape index (κ3) is 5.24. The standard InChI is InChI=1S/C27H31F3N6O4S/c1-5-40-24(37)19-16(12-35-13-27(29,30)21-17(35)8-10-36(21)26(3,4)25(38)39)33-22(23-31-9-11-41-23)34-20(19)15-6-7-18(28)32-14(15)2/h6-7,9,11,17,20-21H,5,8,10,12-13H2,1-4H3,(H,33,34)(H,38,39)/t17-,20+,21+/m0/s1. The zero-order valence-electron chi connectivity index (χ0n) is 23.0. The number of rotatable bonds is 8. The Bertz CT molecular complexity index is 1410. The molecule has 41 heavy (non-hydrogen) atoms. The number of aliphatic imine (C=N–C) groups is 1. The molecule has 2 N–H and O–H groups in total. The Kier molecular flexibility index (Phi) is 7.68. The molecule has 2 saturated heterocycles. The predicted molar refractivity (Wildman–Crippen MR) is 144 cm³/mol. The number of carboxylic acids is 1. The van der Waals surface area contributed by atoms with E-state index in [9.17, 15) is 19.1 Å². The number of esters is 1. The van der Waals surface area contributed by atoms with E-state index >= 15 is 8.78 Å². The number of aryl methyl sites for hydroxylation is 1. The summed E-state index contributed by atoms with van der Waals surface area (Å²) >= 11 is 1.30. The second-order valence-electron chi connectivity index (χ2n) is 10.8. The lowest BCUT2D eigenvalue weighted by molar-refractivity contribution is -0.154. The molecule has 0 saturated carbocycles. The first-order chi connectivity index (χ1) is 19.3. The molecule has 0 aliphatic carbocycles. The molecule has 3 aliphatic heterocycles. The molecular weight excluding hydrogens is 561 g/mol. The number of carboxylic acid groups (broad SMARTS) is 1. The number of hydrogen-bond acceptors (Lipinski definition) is 10. The number of halogens is 3. The van der Waals surface area contributed by atoms with Gasteiger partial charge >= 0.3 is 11.9 Å². The summed E-state index contributed by atoms with van der Waals surface area (Å²) in [6, 6.07) is -0.251. The number of fused-ring (bicyclic) bond motifs is 1. The van der Waals surface area contributed by atoms with E-state index in [1.165, 1.54) is 42.2 Å². The molecule has 3 aliphatic rings. The van der Waals surface area contributed by atoms with E-state index in [1.54, 1.807) is 30.3 Å². The average Bonchev–Trinajstić information content (AvgIpc) is 3.63. The van der Waals surface area contributed by atoms with Crippen molar-refractivity contribution >= 4 is 29.1 Å². The summed E-state index contributed by atoms with van der Waals surface area (Å²) in [5.41, 5.74) is -0.293. The van der Waals surface area contributed by atoms with Crippen LogP contribution < -0.4 is 5.32 Å². The van der Waals surface area contributed by atoms with Crippen molar-refractivity contribution in [3.05, 3.63) is 57.2 Å². The quantitative estimate of drug-likeness (QED) is 0.352. The molecule has 2 aromatic heterocycles. The van der Waals surface area contributed by atoms with Gasteiger partial charge < -0.3 is 15.2 Å². The van der Waals surface area contributed by atoms with Crippen LogP contribution in [0.3, 0.4) is 0 Å². The second-order valence-corrected chi connectivity index (χ2v) is 11.7. The van der Waals surface area contributed by atoms with Crippen molar-refractivity contribution in [1.29, 1.82) is 0 Å². The van der Waals surface area contributed by atoms with E-state index in [0.29, 0.717) is 34.2 Å². The highest BCUT2D eigenvalue weighted by atomic mass is 32.1. The van der Waals surface area contributed by atoms with Gasteiger partial charge in [-0.15, -0.1) is 11.3 Å². The Labute approximate surface area is 238 Å². The topological polar surface area (TPSA) is 120 Å². The van der Waals surface area contributed by atoms with Crippen molar-refractivity contribution in [2.75, 3.05) is 26.2 Å². The number of carbonyl (C=O) groups is 2. The van der Waals surface area contributed by atoms with Gasteiger partial charge in [-0.2, -0.15) is 4.39 Å². The Balaban J connectivity index is 1.58. The maximum Gasteiger partial charge on any atom is 0.338 e. The first-order valence-corrected chi connectivity index (χ1v) is 14.1. The summed E-state index contributed by atoms with van der Waals surface area (Å²) in [7, 11) is 0. The summed E-state index contributed by atoms with van der Waals surface area (Å²) in [4.78, 5) is 41.3. The van der Waals surface area contributed by atoms with Crippen LogP contribution in [0.2, 0.25) is 0 Å². The number of nitrogens with zero attached hydrogens (tertiary/aromatic N) is 5. The molecule has 2 fully saturated rings. The molecule has 14 heteroatoms. The highest BCUT2D eigenvalue weighted by molar-refractivity contribution is 7.11. The van der Waals surface area contributed by atoms with Crippen LogP contribution in [0.15, 0.2) is 40.0 Å². The van der Waals surface area contributed by atoms with Crippen molar-refractivity contribution in [2.45, 2.75) is 63.7 Å². The van der Waals surface area contributed by atoms with Gasteiger partial charge in [0.1, 0.15) is 11.6 Å². The van der Waals surface area contributed by atoms with Crippen LogP contribution in [0.1, 0.15) is 49.5 Å². The van der Waals surface area contributed by atoms with Gasteiger partial charge in [-0.25, -0.2) is 23.5 Å². The Hall–Kier alpha value is -3.36. The average molecular weight is 593 g/mol. The van der Waals surface area contributed by atoms with Gasteiger partial charge in [-0.05, 0) is 40.2 Å². The van der Waals surface area contributed by atoms with E-state index < -0.39 is 54.0 Å². The Morgan fingerprint density at radius 2 is 2.07 bits per heavy atom. The van der Waals surface area contributed by atoms with Crippen LogP contribution in [0.25, 0.3) is 0 Å². The van der Waals surface area contributed by atoms with Crippen LogP contribution in [0.4, 0.5) is 13.2 Å². The fourth-order valence-corrected chi connectivity index (χ4v) is 6.54. The lowest BCUT2D eigenvalue weighted by Crippen LogP contribution is -2.57. The summed E-state index contributed by atoms with van der Waals surface area (Å²) in [6.45, 7) is 5.67. The Morgan fingerprint density at radius 3 is 2.71 bits per heavy atom. The summed E-state index contributed by atoms with van der Waals surface area (Å²) in [5.74, 6) is -5.42. The van der Waals surface area contributed by atoms with Gasteiger partial charge in [0.2, 0.25) is 5.95 Å². The van der Waals surface area contributed by atoms with Crippen molar-refractivity contribution in [1.82, 2.24) is 25.1 Å². The molecular formula is C27H31F3N6O4S. The highest BCUT2D eigenvalue weighted by Gasteiger charge is 2.62. The molecule has 2 aromatic rings. The maximum atomic E-state index is 15.6. The largest absolute Gasteiger partial charge is 0.480 e. The van der Waals surface area contributed by atoms with Gasteiger partial charge in [-0.1, -0.05) is 6.07 Å². The van der Waals surface area contributed by atoms with Gasteiger partial charge in [0.05, 0.1) is 24.8 Å². The minimum atomic E-state index is -3.20. The number of thiazole rings is 1. The molecule has 0 spiro atoms. The molecule has 0 aromatic carbocycles. The van der Waals surface area contributed by atoms with E-state index in [-0.39, 0.29) is 25.3 Å². The third-order valence-corrected chi connectivity index (χ3v) is 8.71. The van der Waals surface area contributed by atoms with Crippen LogP contribution in [0.5, 0.6) is 0 Å². The predicted octanol–water partition coefficient (Wildman–Crippen LogP) is 3.15. The molecule has 5 rings (SSSR count). The van der Waals surface area contributed by atoms with Gasteiger partial charge in [0.25, 0.3) is 5.92 Å². The normalized spacial score (nSPS) is 24.7. The molecule has 5 heterocycles. The molecule has 220 valence electrons. The maximum absolute atomic E-state index is 15.6. The second kappa shape index (κ2) is 10.8. The monoisotopic (exact) mass is 592 g/mol. The fourth-order valence-electron chi connectivity index (χ4n) is 5.95. The van der Waals surface area contributed by atoms with E-state index in [1.807, 2.05) is 0 Å². The van der Waals surface area contributed by atoms with Crippen molar-refractivity contribution < 1.29 is 32.6 Å². The number of carbonyl (C=O) groups excluding carboxylic acids is 1. The summed E-state index contributed by atoms with van der Waals surface area (Å²) in [6.07, 6.45) is 1.92. The van der Waals surface area contributed by atoms with Gasteiger partial charge in [0, 0.05) is 47.7 Å². The minimum Gasteiger partial charge on any atom is -0.480 e. The molecule has 0 amide bonds. The lowest BCUT2D eigenvalue weighted by atomic mass is 9.94. The number of amidine groups is 1. The number of aliphatic carboxylic acids is 1. The number of alkyl halides is 2.